The number of amides is 1. The van der Waals surface area contributed by atoms with Crippen LogP contribution in [0.3, 0.4) is 0 Å². The Morgan fingerprint density at radius 1 is 1.17 bits per heavy atom. The number of aliphatic hydroxyl groups is 1. The number of ketones is 1. The number of aryl methyl sites for hydroxylation is 1. The van der Waals surface area contributed by atoms with Crippen molar-refractivity contribution in [1.82, 2.24) is 4.90 Å². The van der Waals surface area contributed by atoms with Gasteiger partial charge in [-0.3, -0.25) is 9.59 Å². The first-order valence-electron chi connectivity index (χ1n) is 9.56. The number of carbonyl (C=O) groups excluding carboxylic acids is 2. The van der Waals surface area contributed by atoms with E-state index in [1.807, 2.05) is 31.2 Å². The van der Waals surface area contributed by atoms with E-state index in [0.29, 0.717) is 30.9 Å². The lowest BCUT2D eigenvalue weighted by Gasteiger charge is -2.25. The van der Waals surface area contributed by atoms with Crippen molar-refractivity contribution in [3.05, 3.63) is 69.2 Å². The molecule has 0 aromatic heterocycles. The molecular weight excluding hydrogens is 450 g/mol. The lowest BCUT2D eigenvalue weighted by atomic mass is 9.95. The molecule has 0 bridgehead atoms. The Morgan fingerprint density at radius 2 is 1.93 bits per heavy atom. The van der Waals surface area contributed by atoms with Crippen molar-refractivity contribution in [2.24, 2.45) is 0 Å². The summed E-state index contributed by atoms with van der Waals surface area (Å²) in [4.78, 5) is 27.3. The fourth-order valence-electron chi connectivity index (χ4n) is 3.69. The van der Waals surface area contributed by atoms with E-state index in [4.69, 9.17) is 9.47 Å². The highest BCUT2D eigenvalue weighted by atomic mass is 79.9. The number of ether oxygens (including phenoxy) is 2. The summed E-state index contributed by atoms with van der Waals surface area (Å²) < 4.78 is 11.2. The molecule has 0 unspecified atom stereocenters. The van der Waals surface area contributed by atoms with Gasteiger partial charge in [0.05, 0.1) is 18.7 Å². The minimum Gasteiger partial charge on any atom is -0.507 e. The molecule has 1 aliphatic heterocycles. The molecule has 2 aromatic carbocycles. The van der Waals surface area contributed by atoms with Gasteiger partial charge in [0.1, 0.15) is 11.5 Å². The van der Waals surface area contributed by atoms with Crippen LogP contribution in [0.4, 0.5) is 0 Å². The standard InChI is InChI=1S/C23H24BrNO5/c1-14-12-16(8-9-18(14)30-3)21(26)19-20(15-6-4-7-17(24)13-15)25(10-5-11-29-2)23(28)22(19)27/h4,6-9,12-13,20,26H,5,10-11H2,1-3H3/t20-/m0/s1. The lowest BCUT2D eigenvalue weighted by Crippen LogP contribution is -2.31. The minimum absolute atomic E-state index is 0.0834. The predicted molar refractivity (Wildman–Crippen MR) is 117 cm³/mol. The Hall–Kier alpha value is -2.64. The summed E-state index contributed by atoms with van der Waals surface area (Å²) in [7, 11) is 3.16. The van der Waals surface area contributed by atoms with E-state index < -0.39 is 17.7 Å². The molecule has 158 valence electrons. The predicted octanol–water partition coefficient (Wildman–Crippen LogP) is 4.22. The summed E-state index contributed by atoms with van der Waals surface area (Å²) in [6, 6.07) is 11.9. The molecule has 1 N–H and O–H groups in total. The molecule has 30 heavy (non-hydrogen) atoms. The van der Waals surface area contributed by atoms with Gasteiger partial charge >= 0.3 is 0 Å². The number of likely N-dealkylation sites (tertiary alicyclic amines) is 1. The number of rotatable bonds is 7. The van der Waals surface area contributed by atoms with E-state index in [1.165, 1.54) is 4.90 Å². The van der Waals surface area contributed by atoms with Crippen molar-refractivity contribution >= 4 is 33.4 Å². The van der Waals surface area contributed by atoms with Gasteiger partial charge in [-0.2, -0.15) is 0 Å². The Labute approximate surface area is 184 Å². The number of halogens is 1. The molecule has 1 atom stereocenters. The SMILES string of the molecule is COCCCN1C(=O)C(=O)C(=C(O)c2ccc(OC)c(C)c2)[C@@H]1c1cccc(Br)c1. The zero-order valence-corrected chi connectivity index (χ0v) is 18.7. The molecule has 1 fully saturated rings. The van der Waals surface area contributed by atoms with Crippen LogP contribution in [0.15, 0.2) is 52.5 Å². The van der Waals surface area contributed by atoms with Crippen molar-refractivity contribution in [2.45, 2.75) is 19.4 Å². The summed E-state index contributed by atoms with van der Waals surface area (Å²) in [6.45, 7) is 2.66. The Kier molecular flexibility index (Phi) is 6.95. The lowest BCUT2D eigenvalue weighted by molar-refractivity contribution is -0.140. The number of hydrogen-bond acceptors (Lipinski definition) is 5. The third-order valence-corrected chi connectivity index (χ3v) is 5.61. The van der Waals surface area contributed by atoms with Crippen LogP contribution in [0.2, 0.25) is 0 Å². The largest absolute Gasteiger partial charge is 0.507 e. The summed E-state index contributed by atoms with van der Waals surface area (Å²) in [5.41, 5.74) is 2.10. The van der Waals surface area contributed by atoms with E-state index in [9.17, 15) is 14.7 Å². The van der Waals surface area contributed by atoms with Crippen molar-refractivity contribution in [3.63, 3.8) is 0 Å². The molecule has 7 heteroatoms. The number of carbonyl (C=O) groups is 2. The maximum atomic E-state index is 13.0. The highest BCUT2D eigenvalue weighted by Crippen LogP contribution is 2.40. The first-order valence-corrected chi connectivity index (χ1v) is 10.4. The summed E-state index contributed by atoms with van der Waals surface area (Å²) in [5.74, 6) is -0.834. The van der Waals surface area contributed by atoms with E-state index in [-0.39, 0.29) is 11.3 Å². The first-order chi connectivity index (χ1) is 14.4. The van der Waals surface area contributed by atoms with E-state index in [1.54, 1.807) is 32.4 Å². The van der Waals surface area contributed by atoms with E-state index >= 15 is 0 Å². The first kappa shape index (κ1) is 22.1. The molecule has 3 rings (SSSR count). The van der Waals surface area contributed by atoms with Crippen LogP contribution in [0.1, 0.15) is 29.2 Å². The second-order valence-corrected chi connectivity index (χ2v) is 7.99. The normalized spacial score (nSPS) is 18.1. The third-order valence-electron chi connectivity index (χ3n) is 5.12. The van der Waals surface area contributed by atoms with Gasteiger partial charge in [-0.1, -0.05) is 28.1 Å². The minimum atomic E-state index is -0.691. The van der Waals surface area contributed by atoms with Crippen LogP contribution < -0.4 is 4.74 Å². The molecule has 0 aliphatic carbocycles. The number of hydrogen-bond donors (Lipinski definition) is 1. The van der Waals surface area contributed by atoms with Crippen molar-refractivity contribution in [1.29, 1.82) is 0 Å². The highest BCUT2D eigenvalue weighted by Gasteiger charge is 2.45. The van der Waals surface area contributed by atoms with Crippen molar-refractivity contribution in [3.8, 4) is 5.75 Å². The van der Waals surface area contributed by atoms with Gasteiger partial charge in [0.2, 0.25) is 0 Å². The van der Waals surface area contributed by atoms with Crippen LogP contribution in [0, 0.1) is 6.92 Å². The zero-order chi connectivity index (χ0) is 21.8. The Balaban J connectivity index is 2.13. The maximum absolute atomic E-state index is 13.0. The number of nitrogens with zero attached hydrogens (tertiary/aromatic N) is 1. The van der Waals surface area contributed by atoms with Crippen LogP contribution in [0.5, 0.6) is 5.75 Å². The topological polar surface area (TPSA) is 76.1 Å². The van der Waals surface area contributed by atoms with Gasteiger partial charge in [-0.15, -0.1) is 0 Å². The van der Waals surface area contributed by atoms with Gasteiger partial charge in [0, 0.05) is 30.3 Å². The summed E-state index contributed by atoms with van der Waals surface area (Å²) >= 11 is 3.45. The Bertz CT molecular complexity index is 1000. The smallest absolute Gasteiger partial charge is 0.295 e. The second-order valence-electron chi connectivity index (χ2n) is 7.08. The fraction of sp³-hybridized carbons (Fsp3) is 0.304. The van der Waals surface area contributed by atoms with Crippen LogP contribution in [0.25, 0.3) is 5.76 Å². The molecule has 1 aliphatic rings. The molecule has 6 nitrogen and oxygen atoms in total. The molecule has 0 spiro atoms. The average molecular weight is 474 g/mol. The summed E-state index contributed by atoms with van der Waals surface area (Å²) in [6.07, 6.45) is 0.579. The van der Waals surface area contributed by atoms with E-state index in [0.717, 1.165) is 15.6 Å². The van der Waals surface area contributed by atoms with Crippen molar-refractivity contribution in [2.75, 3.05) is 27.4 Å². The fourth-order valence-corrected chi connectivity index (χ4v) is 4.11. The zero-order valence-electron chi connectivity index (χ0n) is 17.1. The van der Waals surface area contributed by atoms with Gasteiger partial charge in [-0.05, 0) is 54.8 Å². The van der Waals surface area contributed by atoms with Gasteiger partial charge in [0.25, 0.3) is 11.7 Å². The van der Waals surface area contributed by atoms with Gasteiger partial charge in [-0.25, -0.2) is 0 Å². The van der Waals surface area contributed by atoms with Crippen LogP contribution >= 0.6 is 15.9 Å². The maximum Gasteiger partial charge on any atom is 0.295 e. The van der Waals surface area contributed by atoms with Crippen molar-refractivity contribution < 1.29 is 24.2 Å². The summed E-state index contributed by atoms with van der Waals surface area (Å²) in [5, 5.41) is 11.1. The molecule has 1 amide bonds. The molecular formula is C23H24BrNO5. The number of Topliss-reactive ketones (excluding diaryl/α,β-unsaturated/α-hetero) is 1. The third kappa shape index (κ3) is 4.27. The second kappa shape index (κ2) is 9.45. The number of methoxy groups -OCH3 is 2. The highest BCUT2D eigenvalue weighted by molar-refractivity contribution is 9.10. The molecule has 1 saturated heterocycles. The quantitative estimate of drug-likeness (QED) is 0.282. The molecule has 0 saturated carbocycles. The molecule has 1 heterocycles. The number of aliphatic hydroxyl groups excluding tert-OH is 1. The van der Waals surface area contributed by atoms with Crippen LogP contribution in [-0.2, 0) is 14.3 Å². The van der Waals surface area contributed by atoms with E-state index in [2.05, 4.69) is 15.9 Å². The molecule has 0 radical (unpaired) electrons. The van der Waals surface area contributed by atoms with Gasteiger partial charge in [0.15, 0.2) is 0 Å². The van der Waals surface area contributed by atoms with Gasteiger partial charge < -0.3 is 19.5 Å². The Morgan fingerprint density at radius 3 is 2.57 bits per heavy atom. The number of benzene rings is 2. The van der Waals surface area contributed by atoms with Crippen LogP contribution in [-0.4, -0.2) is 49.1 Å². The molecule has 2 aromatic rings. The average Bonchev–Trinajstić information content (AvgIpc) is 2.98. The monoisotopic (exact) mass is 473 g/mol.